The summed E-state index contributed by atoms with van der Waals surface area (Å²) < 4.78 is 1.04. The molecule has 1 N–H and O–H groups in total. The van der Waals surface area contributed by atoms with Gasteiger partial charge in [-0.2, -0.15) is 0 Å². The minimum Gasteiger partial charge on any atom is -0.350 e. The Morgan fingerprint density at radius 3 is 2.53 bits per heavy atom. The zero-order valence-electron chi connectivity index (χ0n) is 12.3. The van der Waals surface area contributed by atoms with Crippen LogP contribution in [0, 0.1) is 12.8 Å². The van der Waals surface area contributed by atoms with Gasteiger partial charge in [-0.15, -0.1) is 0 Å². The predicted molar refractivity (Wildman–Crippen MR) is 84.5 cm³/mol. The van der Waals surface area contributed by atoms with E-state index in [-0.39, 0.29) is 11.9 Å². The fourth-order valence-electron chi connectivity index (χ4n) is 2.00. The van der Waals surface area contributed by atoms with Crippen LogP contribution in [0.2, 0.25) is 0 Å². The zero-order chi connectivity index (χ0) is 14.4. The number of rotatable bonds is 6. The van der Waals surface area contributed by atoms with Gasteiger partial charge in [-0.25, -0.2) is 0 Å². The van der Waals surface area contributed by atoms with Crippen molar-refractivity contribution in [3.63, 3.8) is 0 Å². The number of benzene rings is 1. The quantitative estimate of drug-likeness (QED) is 0.806. The van der Waals surface area contributed by atoms with E-state index in [0.29, 0.717) is 0 Å². The highest BCUT2D eigenvalue weighted by Crippen LogP contribution is 2.17. The first-order valence-corrected chi connectivity index (χ1v) is 7.76. The SMILES string of the molecule is Cc1cc(C(=O)NC(C)CCCC(C)C)ccc1Br. The molecule has 1 aromatic rings. The van der Waals surface area contributed by atoms with Crippen LogP contribution in [0.25, 0.3) is 0 Å². The number of amides is 1. The highest BCUT2D eigenvalue weighted by atomic mass is 79.9. The molecule has 0 saturated heterocycles. The lowest BCUT2D eigenvalue weighted by atomic mass is 10.0. The van der Waals surface area contributed by atoms with E-state index in [2.05, 4.69) is 42.0 Å². The molecule has 0 aliphatic heterocycles. The Bertz CT molecular complexity index is 429. The molecule has 0 heterocycles. The maximum atomic E-state index is 12.1. The molecule has 19 heavy (non-hydrogen) atoms. The second-order valence-electron chi connectivity index (χ2n) is 5.66. The van der Waals surface area contributed by atoms with Crippen molar-refractivity contribution in [3.05, 3.63) is 33.8 Å². The normalized spacial score (nSPS) is 12.5. The molecule has 0 bridgehead atoms. The average Bonchev–Trinajstić information content (AvgIpc) is 2.32. The van der Waals surface area contributed by atoms with Crippen molar-refractivity contribution >= 4 is 21.8 Å². The smallest absolute Gasteiger partial charge is 0.251 e. The van der Waals surface area contributed by atoms with Crippen LogP contribution in [0.1, 0.15) is 56.0 Å². The van der Waals surface area contributed by atoms with Gasteiger partial charge in [0.25, 0.3) is 5.91 Å². The lowest BCUT2D eigenvalue weighted by Gasteiger charge is -2.15. The second kappa shape index (κ2) is 7.68. The second-order valence-corrected chi connectivity index (χ2v) is 6.52. The molecule has 3 heteroatoms. The summed E-state index contributed by atoms with van der Waals surface area (Å²) in [6.45, 7) is 8.53. The van der Waals surface area contributed by atoms with E-state index in [1.54, 1.807) is 0 Å². The van der Waals surface area contributed by atoms with E-state index >= 15 is 0 Å². The number of carbonyl (C=O) groups is 1. The third-order valence-electron chi connectivity index (χ3n) is 3.22. The van der Waals surface area contributed by atoms with Crippen molar-refractivity contribution in [3.8, 4) is 0 Å². The molecule has 0 aromatic heterocycles. The number of aryl methyl sites for hydroxylation is 1. The van der Waals surface area contributed by atoms with Gasteiger partial charge in [-0.05, 0) is 49.9 Å². The molecule has 1 rings (SSSR count). The zero-order valence-corrected chi connectivity index (χ0v) is 13.9. The molecular formula is C16H24BrNO. The Balaban J connectivity index is 2.47. The number of carbonyl (C=O) groups excluding carboxylic acids is 1. The van der Waals surface area contributed by atoms with Gasteiger partial charge in [0.15, 0.2) is 0 Å². The summed E-state index contributed by atoms with van der Waals surface area (Å²) in [4.78, 5) is 12.1. The maximum absolute atomic E-state index is 12.1. The van der Waals surface area contributed by atoms with E-state index in [9.17, 15) is 4.79 Å². The lowest BCUT2D eigenvalue weighted by molar-refractivity contribution is 0.0937. The van der Waals surface area contributed by atoms with E-state index in [1.807, 2.05) is 25.1 Å². The minimum atomic E-state index is 0.0210. The largest absolute Gasteiger partial charge is 0.350 e. The fraction of sp³-hybridized carbons (Fsp3) is 0.562. The third kappa shape index (κ3) is 5.77. The number of hydrogen-bond donors (Lipinski definition) is 1. The van der Waals surface area contributed by atoms with Gasteiger partial charge in [0.05, 0.1) is 0 Å². The van der Waals surface area contributed by atoms with Crippen LogP contribution in [0.15, 0.2) is 22.7 Å². The third-order valence-corrected chi connectivity index (χ3v) is 4.11. The molecule has 0 saturated carbocycles. The Hall–Kier alpha value is -0.830. The summed E-state index contributed by atoms with van der Waals surface area (Å²) in [5, 5.41) is 3.06. The minimum absolute atomic E-state index is 0.0210. The summed E-state index contributed by atoms with van der Waals surface area (Å²) in [6.07, 6.45) is 3.43. The summed E-state index contributed by atoms with van der Waals surface area (Å²) in [7, 11) is 0. The van der Waals surface area contributed by atoms with Crippen molar-refractivity contribution in [2.45, 2.75) is 53.0 Å². The number of nitrogens with one attached hydrogen (secondary N) is 1. The Morgan fingerprint density at radius 2 is 1.95 bits per heavy atom. The predicted octanol–water partition coefficient (Wildman–Crippen LogP) is 4.70. The topological polar surface area (TPSA) is 29.1 Å². The first kappa shape index (κ1) is 16.2. The summed E-state index contributed by atoms with van der Waals surface area (Å²) in [6, 6.07) is 5.93. The van der Waals surface area contributed by atoms with Crippen LogP contribution in [0.5, 0.6) is 0 Å². The van der Waals surface area contributed by atoms with Gasteiger partial charge in [-0.3, -0.25) is 4.79 Å². The van der Waals surface area contributed by atoms with Crippen LogP contribution < -0.4 is 5.32 Å². The molecule has 0 aliphatic carbocycles. The number of halogens is 1. The van der Waals surface area contributed by atoms with Crippen molar-refractivity contribution in [2.24, 2.45) is 5.92 Å². The van der Waals surface area contributed by atoms with Crippen LogP contribution in [-0.2, 0) is 0 Å². The Morgan fingerprint density at radius 1 is 1.26 bits per heavy atom. The molecular weight excluding hydrogens is 302 g/mol. The standard InChI is InChI=1S/C16H24BrNO/c1-11(2)6-5-7-13(4)18-16(19)14-8-9-15(17)12(3)10-14/h8-11,13H,5-7H2,1-4H3,(H,18,19). The Labute approximate surface area is 125 Å². The molecule has 106 valence electrons. The summed E-state index contributed by atoms with van der Waals surface area (Å²) in [5.41, 5.74) is 1.82. The van der Waals surface area contributed by atoms with Gasteiger partial charge in [0.1, 0.15) is 0 Å². The van der Waals surface area contributed by atoms with E-state index in [0.717, 1.165) is 27.9 Å². The summed E-state index contributed by atoms with van der Waals surface area (Å²) >= 11 is 3.45. The maximum Gasteiger partial charge on any atom is 0.251 e. The molecule has 1 aromatic carbocycles. The van der Waals surface area contributed by atoms with Gasteiger partial charge >= 0.3 is 0 Å². The molecule has 0 aliphatic rings. The van der Waals surface area contributed by atoms with Crippen molar-refractivity contribution in [2.75, 3.05) is 0 Å². The van der Waals surface area contributed by atoms with Gasteiger partial charge in [-0.1, -0.05) is 42.6 Å². The van der Waals surface area contributed by atoms with Crippen molar-refractivity contribution in [1.29, 1.82) is 0 Å². The van der Waals surface area contributed by atoms with Gasteiger partial charge < -0.3 is 5.32 Å². The molecule has 0 radical (unpaired) electrons. The molecule has 1 atom stereocenters. The number of hydrogen-bond acceptors (Lipinski definition) is 1. The fourth-order valence-corrected chi connectivity index (χ4v) is 2.24. The molecule has 1 amide bonds. The van der Waals surface area contributed by atoms with E-state index in [4.69, 9.17) is 0 Å². The van der Waals surface area contributed by atoms with Gasteiger partial charge in [0.2, 0.25) is 0 Å². The van der Waals surface area contributed by atoms with Crippen LogP contribution >= 0.6 is 15.9 Å². The molecule has 2 nitrogen and oxygen atoms in total. The first-order valence-electron chi connectivity index (χ1n) is 6.97. The molecule has 1 unspecified atom stereocenters. The van der Waals surface area contributed by atoms with Crippen LogP contribution in [0.4, 0.5) is 0 Å². The van der Waals surface area contributed by atoms with Crippen LogP contribution in [0.3, 0.4) is 0 Å². The van der Waals surface area contributed by atoms with Crippen molar-refractivity contribution in [1.82, 2.24) is 5.32 Å². The summed E-state index contributed by atoms with van der Waals surface area (Å²) in [5.74, 6) is 0.754. The molecule has 0 fully saturated rings. The van der Waals surface area contributed by atoms with E-state index in [1.165, 1.54) is 12.8 Å². The first-order chi connectivity index (χ1) is 8.90. The Kier molecular flexibility index (Phi) is 6.56. The van der Waals surface area contributed by atoms with Gasteiger partial charge in [0, 0.05) is 16.1 Å². The highest BCUT2D eigenvalue weighted by molar-refractivity contribution is 9.10. The lowest BCUT2D eigenvalue weighted by Crippen LogP contribution is -2.32. The average molecular weight is 326 g/mol. The van der Waals surface area contributed by atoms with E-state index < -0.39 is 0 Å². The van der Waals surface area contributed by atoms with Crippen LogP contribution in [-0.4, -0.2) is 11.9 Å². The highest BCUT2D eigenvalue weighted by Gasteiger charge is 2.10. The van der Waals surface area contributed by atoms with Crippen molar-refractivity contribution < 1.29 is 4.79 Å². The molecule has 0 spiro atoms. The monoisotopic (exact) mass is 325 g/mol.